The zero-order chi connectivity index (χ0) is 22.4. The molecule has 7 heteroatoms. The van der Waals surface area contributed by atoms with Crippen LogP contribution in [0.25, 0.3) is 11.1 Å². The summed E-state index contributed by atoms with van der Waals surface area (Å²) in [6, 6.07) is 12.8. The molecule has 2 aromatic carbocycles. The highest BCUT2D eigenvalue weighted by Gasteiger charge is 2.11. The predicted octanol–water partition coefficient (Wildman–Crippen LogP) is 4.02. The summed E-state index contributed by atoms with van der Waals surface area (Å²) >= 11 is 0. The van der Waals surface area contributed by atoms with Gasteiger partial charge in [-0.25, -0.2) is 4.79 Å². The Morgan fingerprint density at radius 1 is 1.17 bits per heavy atom. The molecule has 0 spiro atoms. The molecule has 3 rings (SSSR count). The van der Waals surface area contributed by atoms with Gasteiger partial charge in [-0.1, -0.05) is 32.0 Å². The second-order valence-corrected chi connectivity index (χ2v) is 6.38. The van der Waals surface area contributed by atoms with Crippen molar-refractivity contribution in [3.63, 3.8) is 0 Å². The van der Waals surface area contributed by atoms with Gasteiger partial charge in [0.1, 0.15) is 0 Å². The fraction of sp³-hybridized carbons (Fsp3) is 0.348. The van der Waals surface area contributed by atoms with E-state index < -0.39 is 5.97 Å². The van der Waals surface area contributed by atoms with Crippen molar-refractivity contribution < 1.29 is 14.7 Å². The van der Waals surface area contributed by atoms with E-state index in [9.17, 15) is 4.79 Å². The number of carboxylic acids is 1. The van der Waals surface area contributed by atoms with E-state index in [0.717, 1.165) is 35.6 Å². The van der Waals surface area contributed by atoms with Crippen LogP contribution in [0.1, 0.15) is 37.0 Å². The van der Waals surface area contributed by atoms with Gasteiger partial charge in [-0.05, 0) is 68.0 Å². The summed E-state index contributed by atoms with van der Waals surface area (Å²) in [5.41, 5.74) is 8.18. The standard InChI is InChI=1S/C20H23N3O2.C2H6.CH3NO/c1-21-19-14-17(15-4-6-16(7-5-15)20(24)25)8-9-18(19)22-10-13-23-11-2-3-12-23;1-2;2-1-3/h4-9,14,22H,1-3,10-13H2,(H,24,25);1-2H3;1H,(H2,2,3). The van der Waals surface area contributed by atoms with Gasteiger partial charge in [0.2, 0.25) is 6.41 Å². The van der Waals surface area contributed by atoms with Crippen LogP contribution in [-0.4, -0.2) is 55.3 Å². The number of nitrogens with two attached hydrogens (primary N) is 1. The Kier molecular flexibility index (Phi) is 11.5. The maximum atomic E-state index is 11.0. The fourth-order valence-electron chi connectivity index (χ4n) is 3.15. The smallest absolute Gasteiger partial charge is 0.335 e. The van der Waals surface area contributed by atoms with Crippen LogP contribution < -0.4 is 11.1 Å². The largest absolute Gasteiger partial charge is 0.478 e. The van der Waals surface area contributed by atoms with Crippen LogP contribution in [0, 0.1) is 0 Å². The third-order valence-corrected chi connectivity index (χ3v) is 4.58. The summed E-state index contributed by atoms with van der Waals surface area (Å²) in [5.74, 6) is -0.919. The molecule has 2 aromatic rings. The topological polar surface area (TPSA) is 108 Å². The minimum absolute atomic E-state index is 0.250. The molecule has 0 radical (unpaired) electrons. The normalized spacial score (nSPS) is 12.6. The van der Waals surface area contributed by atoms with Crippen LogP contribution in [0.15, 0.2) is 47.5 Å². The fourth-order valence-corrected chi connectivity index (χ4v) is 3.15. The van der Waals surface area contributed by atoms with Gasteiger partial charge in [-0.2, -0.15) is 0 Å². The zero-order valence-corrected chi connectivity index (χ0v) is 17.8. The molecule has 0 atom stereocenters. The molecular formula is C23H32N4O3. The van der Waals surface area contributed by atoms with Crippen LogP contribution in [-0.2, 0) is 4.79 Å². The first-order valence-corrected chi connectivity index (χ1v) is 10.1. The molecule has 0 aliphatic carbocycles. The van der Waals surface area contributed by atoms with Crippen LogP contribution in [0.3, 0.4) is 0 Å². The molecule has 30 heavy (non-hydrogen) atoms. The maximum absolute atomic E-state index is 11.0. The van der Waals surface area contributed by atoms with Crippen LogP contribution in [0.2, 0.25) is 0 Å². The Hall–Kier alpha value is -3.19. The van der Waals surface area contributed by atoms with E-state index in [1.54, 1.807) is 12.1 Å². The summed E-state index contributed by atoms with van der Waals surface area (Å²) in [6.45, 7) is 12.0. The number of likely N-dealkylation sites (tertiary alicyclic amines) is 1. The van der Waals surface area contributed by atoms with Crippen molar-refractivity contribution in [3.8, 4) is 11.1 Å². The monoisotopic (exact) mass is 412 g/mol. The molecule has 0 saturated carbocycles. The van der Waals surface area contributed by atoms with Crippen LogP contribution in [0.5, 0.6) is 0 Å². The lowest BCUT2D eigenvalue weighted by Gasteiger charge is -2.16. The highest BCUT2D eigenvalue weighted by atomic mass is 16.4. The van der Waals surface area contributed by atoms with E-state index in [1.165, 1.54) is 25.9 Å². The zero-order valence-electron chi connectivity index (χ0n) is 17.8. The Bertz CT molecular complexity index is 801. The first-order valence-electron chi connectivity index (χ1n) is 10.1. The molecule has 1 heterocycles. The van der Waals surface area contributed by atoms with E-state index in [1.807, 2.05) is 44.2 Å². The van der Waals surface area contributed by atoms with Crippen molar-refractivity contribution in [2.24, 2.45) is 10.7 Å². The highest BCUT2D eigenvalue weighted by molar-refractivity contribution is 5.88. The Morgan fingerprint density at radius 3 is 2.27 bits per heavy atom. The lowest BCUT2D eigenvalue weighted by molar-refractivity contribution is -0.106. The van der Waals surface area contributed by atoms with Gasteiger partial charge in [0.15, 0.2) is 0 Å². The minimum Gasteiger partial charge on any atom is -0.478 e. The first kappa shape index (κ1) is 24.8. The summed E-state index contributed by atoms with van der Waals surface area (Å²) in [6.07, 6.45) is 2.85. The molecule has 4 N–H and O–H groups in total. The number of anilines is 1. The van der Waals surface area contributed by atoms with Gasteiger partial charge < -0.3 is 21.1 Å². The van der Waals surface area contributed by atoms with Gasteiger partial charge in [-0.3, -0.25) is 9.79 Å². The number of carbonyl (C=O) groups is 2. The van der Waals surface area contributed by atoms with Gasteiger partial charge in [0, 0.05) is 13.1 Å². The van der Waals surface area contributed by atoms with E-state index in [-0.39, 0.29) is 12.0 Å². The summed E-state index contributed by atoms with van der Waals surface area (Å²) in [4.78, 5) is 26.1. The number of aromatic carboxylic acids is 1. The molecule has 0 unspecified atom stereocenters. The van der Waals surface area contributed by atoms with Crippen molar-refractivity contribution in [2.45, 2.75) is 26.7 Å². The lowest BCUT2D eigenvalue weighted by Crippen LogP contribution is -2.25. The van der Waals surface area contributed by atoms with Crippen LogP contribution in [0.4, 0.5) is 11.4 Å². The Labute approximate surface area is 178 Å². The number of hydrogen-bond acceptors (Lipinski definition) is 5. The highest BCUT2D eigenvalue weighted by Crippen LogP contribution is 2.31. The Morgan fingerprint density at radius 2 is 1.73 bits per heavy atom. The van der Waals surface area contributed by atoms with Crippen LogP contribution >= 0.6 is 0 Å². The number of primary amides is 1. The van der Waals surface area contributed by atoms with Crippen molar-refractivity contribution in [1.82, 2.24) is 4.90 Å². The van der Waals surface area contributed by atoms with E-state index in [4.69, 9.17) is 9.90 Å². The van der Waals surface area contributed by atoms with Crippen molar-refractivity contribution in [3.05, 3.63) is 48.0 Å². The second-order valence-electron chi connectivity index (χ2n) is 6.38. The molecule has 162 valence electrons. The molecule has 1 fully saturated rings. The molecule has 1 saturated heterocycles. The number of carbonyl (C=O) groups excluding carboxylic acids is 1. The van der Waals surface area contributed by atoms with Crippen molar-refractivity contribution >= 4 is 30.5 Å². The number of aliphatic imine (C=N–C) groups is 1. The number of carboxylic acid groups (broad SMARTS) is 1. The van der Waals surface area contributed by atoms with Crippen molar-refractivity contribution in [1.29, 1.82) is 0 Å². The summed E-state index contributed by atoms with van der Waals surface area (Å²) < 4.78 is 0. The number of hydrogen-bond donors (Lipinski definition) is 3. The number of amides is 1. The average molecular weight is 413 g/mol. The van der Waals surface area contributed by atoms with E-state index in [0.29, 0.717) is 0 Å². The minimum atomic E-state index is -0.919. The van der Waals surface area contributed by atoms with Gasteiger partial charge in [0.05, 0.1) is 16.9 Å². The quantitative estimate of drug-likeness (QED) is 0.470. The Balaban J connectivity index is 0.000000826. The van der Waals surface area contributed by atoms with Crippen molar-refractivity contribution in [2.75, 3.05) is 31.5 Å². The first-order chi connectivity index (χ1) is 14.6. The van der Waals surface area contributed by atoms with E-state index >= 15 is 0 Å². The molecule has 0 aromatic heterocycles. The predicted molar refractivity (Wildman–Crippen MR) is 124 cm³/mol. The number of nitrogens with one attached hydrogen (secondary N) is 1. The molecule has 1 amide bonds. The van der Waals surface area contributed by atoms with Gasteiger partial charge in [-0.15, -0.1) is 0 Å². The molecule has 1 aliphatic rings. The molecule has 1 aliphatic heterocycles. The third-order valence-electron chi connectivity index (χ3n) is 4.58. The molecular weight excluding hydrogens is 380 g/mol. The maximum Gasteiger partial charge on any atom is 0.335 e. The number of rotatable bonds is 7. The van der Waals surface area contributed by atoms with Gasteiger partial charge in [0.25, 0.3) is 0 Å². The molecule has 0 bridgehead atoms. The SMILES string of the molecule is C=Nc1cc(-c2ccc(C(=O)O)cc2)ccc1NCCN1CCCC1.CC.NC=O. The third kappa shape index (κ3) is 7.67. The summed E-state index contributed by atoms with van der Waals surface area (Å²) in [5, 5.41) is 12.4. The lowest BCUT2D eigenvalue weighted by atomic mass is 10.0. The van der Waals surface area contributed by atoms with E-state index in [2.05, 4.69) is 27.7 Å². The molecule has 7 nitrogen and oxygen atoms in total. The number of benzene rings is 2. The van der Waals surface area contributed by atoms with Gasteiger partial charge >= 0.3 is 5.97 Å². The number of nitrogens with zero attached hydrogens (tertiary/aromatic N) is 2. The summed E-state index contributed by atoms with van der Waals surface area (Å²) in [7, 11) is 0. The average Bonchev–Trinajstić information content (AvgIpc) is 3.29. The second kappa shape index (κ2) is 13.9.